The molecule has 1 atom stereocenters. The number of aryl methyl sites for hydroxylation is 1. The summed E-state index contributed by atoms with van der Waals surface area (Å²) < 4.78 is 51.4. The lowest BCUT2D eigenvalue weighted by molar-refractivity contribution is -0.352. The second kappa shape index (κ2) is 10.3. The number of alkyl halides is 3. The van der Waals surface area contributed by atoms with E-state index < -0.39 is 31.1 Å². The molecule has 1 fully saturated rings. The van der Waals surface area contributed by atoms with Crippen LogP contribution in [0.3, 0.4) is 0 Å². The molecule has 1 aromatic carbocycles. The third kappa shape index (κ3) is 6.94. The van der Waals surface area contributed by atoms with Crippen LogP contribution in [0, 0.1) is 0 Å². The van der Waals surface area contributed by atoms with Crippen LogP contribution in [0.4, 0.5) is 13.2 Å². The van der Waals surface area contributed by atoms with Gasteiger partial charge in [-0.2, -0.15) is 0 Å². The van der Waals surface area contributed by atoms with E-state index >= 15 is 0 Å². The van der Waals surface area contributed by atoms with Crippen molar-refractivity contribution < 1.29 is 37.0 Å². The third-order valence-electron chi connectivity index (χ3n) is 4.72. The van der Waals surface area contributed by atoms with Crippen molar-refractivity contribution in [1.82, 2.24) is 15.5 Å². The van der Waals surface area contributed by atoms with E-state index in [1.807, 2.05) is 0 Å². The Kier molecular flexibility index (Phi) is 7.75. The maximum Gasteiger partial charge on any atom is 0.522 e. The summed E-state index contributed by atoms with van der Waals surface area (Å²) in [6.45, 7) is 3.21. The molecule has 2 aromatic rings. The van der Waals surface area contributed by atoms with Crippen LogP contribution in [0.15, 0.2) is 41.0 Å². The van der Waals surface area contributed by atoms with Crippen LogP contribution in [0.2, 0.25) is 5.02 Å². The van der Waals surface area contributed by atoms with Crippen molar-refractivity contribution in [3.05, 3.63) is 53.3 Å². The standard InChI is InChI=1S/C20H21ClF3N3O5/c1-11(25-18(29)16(10-28)30-14-5-3-13(21)4-6-14)2-7-17-26-27-19(31-17)12-8-15(9-12)32-20(22,23)24/h3-6,12,15-16,28H,1-2,7-10H2,(H,25,29). The van der Waals surface area contributed by atoms with Crippen LogP contribution in [-0.4, -0.2) is 46.4 Å². The van der Waals surface area contributed by atoms with Crippen LogP contribution in [-0.2, 0) is 16.0 Å². The molecule has 12 heteroatoms. The zero-order valence-corrected chi connectivity index (χ0v) is 17.5. The Hall–Kier alpha value is -2.63. The number of hydrogen-bond acceptors (Lipinski definition) is 7. The number of carbonyl (C=O) groups excluding carboxylic acids is 1. The van der Waals surface area contributed by atoms with Crippen LogP contribution >= 0.6 is 11.6 Å². The number of halogens is 4. The fraction of sp³-hybridized carbons (Fsp3) is 0.450. The second-order valence-electron chi connectivity index (χ2n) is 7.22. The molecule has 0 aliphatic heterocycles. The first-order valence-electron chi connectivity index (χ1n) is 9.71. The SMILES string of the molecule is C=C(CCc1nnc(C2CC(OC(F)(F)F)C2)o1)NC(=O)C(CO)Oc1ccc(Cl)cc1. The van der Waals surface area contributed by atoms with Crippen molar-refractivity contribution in [1.29, 1.82) is 0 Å². The normalized spacial score (nSPS) is 19.2. The zero-order valence-electron chi connectivity index (χ0n) is 16.8. The monoisotopic (exact) mass is 475 g/mol. The van der Waals surface area contributed by atoms with Gasteiger partial charge in [-0.1, -0.05) is 18.2 Å². The molecule has 0 bridgehead atoms. The van der Waals surface area contributed by atoms with Crippen LogP contribution < -0.4 is 10.1 Å². The minimum absolute atomic E-state index is 0.153. The molecular weight excluding hydrogens is 455 g/mol. The number of benzene rings is 1. The average molecular weight is 476 g/mol. The quantitative estimate of drug-likeness (QED) is 0.541. The van der Waals surface area contributed by atoms with Crippen molar-refractivity contribution in [3.8, 4) is 5.75 Å². The van der Waals surface area contributed by atoms with Gasteiger partial charge in [0.1, 0.15) is 5.75 Å². The van der Waals surface area contributed by atoms with Crippen molar-refractivity contribution in [2.75, 3.05) is 6.61 Å². The maximum atomic E-state index is 12.3. The van der Waals surface area contributed by atoms with Gasteiger partial charge in [-0.25, -0.2) is 0 Å². The van der Waals surface area contributed by atoms with Crippen LogP contribution in [0.25, 0.3) is 0 Å². The number of allylic oxidation sites excluding steroid dienone is 1. The number of aromatic nitrogens is 2. The van der Waals surface area contributed by atoms with Gasteiger partial charge in [0.2, 0.25) is 11.8 Å². The highest BCUT2D eigenvalue weighted by atomic mass is 35.5. The fourth-order valence-electron chi connectivity index (χ4n) is 3.01. The Balaban J connectivity index is 1.42. The van der Waals surface area contributed by atoms with Gasteiger partial charge < -0.3 is 19.6 Å². The second-order valence-corrected chi connectivity index (χ2v) is 7.66. The maximum absolute atomic E-state index is 12.3. The summed E-state index contributed by atoms with van der Waals surface area (Å²) in [6, 6.07) is 6.32. The predicted octanol–water partition coefficient (Wildman–Crippen LogP) is 3.51. The number of aliphatic hydroxyl groups excluding tert-OH is 1. The van der Waals surface area contributed by atoms with E-state index in [2.05, 4.69) is 26.8 Å². The summed E-state index contributed by atoms with van der Waals surface area (Å²) in [5, 5.41) is 20.3. The molecule has 8 nitrogen and oxygen atoms in total. The molecule has 3 rings (SSSR count). The molecular formula is C20H21ClF3N3O5. The van der Waals surface area contributed by atoms with Crippen molar-refractivity contribution >= 4 is 17.5 Å². The van der Waals surface area contributed by atoms with Gasteiger partial charge in [-0.15, -0.1) is 23.4 Å². The number of amides is 1. The van der Waals surface area contributed by atoms with Gasteiger partial charge in [-0.05, 0) is 43.5 Å². The Morgan fingerprint density at radius 1 is 1.31 bits per heavy atom. The van der Waals surface area contributed by atoms with Gasteiger partial charge >= 0.3 is 6.36 Å². The number of nitrogens with zero attached hydrogens (tertiary/aromatic N) is 2. The summed E-state index contributed by atoms with van der Waals surface area (Å²) in [7, 11) is 0. The van der Waals surface area contributed by atoms with Gasteiger partial charge in [0.25, 0.3) is 5.91 Å². The van der Waals surface area contributed by atoms with E-state index in [1.165, 1.54) is 0 Å². The fourth-order valence-corrected chi connectivity index (χ4v) is 3.14. The summed E-state index contributed by atoms with van der Waals surface area (Å²) in [5.41, 5.74) is 0.343. The molecule has 1 aliphatic rings. The van der Waals surface area contributed by atoms with Crippen molar-refractivity contribution in [3.63, 3.8) is 0 Å². The molecule has 1 amide bonds. The molecule has 174 valence electrons. The number of rotatable bonds is 10. The molecule has 1 aliphatic carbocycles. The largest absolute Gasteiger partial charge is 0.522 e. The van der Waals surface area contributed by atoms with Crippen molar-refractivity contribution in [2.24, 2.45) is 0 Å². The van der Waals surface area contributed by atoms with E-state index in [-0.39, 0.29) is 43.4 Å². The highest BCUT2D eigenvalue weighted by Gasteiger charge is 2.42. The summed E-state index contributed by atoms with van der Waals surface area (Å²) in [4.78, 5) is 12.3. The van der Waals surface area contributed by atoms with Crippen LogP contribution in [0.5, 0.6) is 5.75 Å². The molecule has 1 unspecified atom stereocenters. The Morgan fingerprint density at radius 3 is 2.62 bits per heavy atom. The first-order valence-corrected chi connectivity index (χ1v) is 10.1. The van der Waals surface area contributed by atoms with Crippen LogP contribution in [0.1, 0.15) is 37.0 Å². The smallest absolute Gasteiger partial charge is 0.478 e. The molecule has 0 spiro atoms. The van der Waals surface area contributed by atoms with E-state index in [0.29, 0.717) is 16.5 Å². The van der Waals surface area contributed by atoms with Gasteiger partial charge in [0.05, 0.1) is 12.7 Å². The summed E-state index contributed by atoms with van der Waals surface area (Å²) >= 11 is 5.80. The van der Waals surface area contributed by atoms with E-state index in [9.17, 15) is 23.1 Å². The van der Waals surface area contributed by atoms with E-state index in [0.717, 1.165) is 0 Å². The van der Waals surface area contributed by atoms with E-state index in [1.54, 1.807) is 24.3 Å². The highest BCUT2D eigenvalue weighted by molar-refractivity contribution is 6.30. The molecule has 1 heterocycles. The molecule has 1 aromatic heterocycles. The minimum Gasteiger partial charge on any atom is -0.478 e. The first kappa shape index (κ1) is 24.0. The Bertz CT molecular complexity index is 929. The number of aliphatic hydroxyl groups is 1. The topological polar surface area (TPSA) is 107 Å². The summed E-state index contributed by atoms with van der Waals surface area (Å²) in [5.74, 6) is 0.0391. The van der Waals surface area contributed by atoms with E-state index in [4.69, 9.17) is 20.8 Å². The third-order valence-corrected chi connectivity index (χ3v) is 4.97. The number of hydrogen-bond donors (Lipinski definition) is 2. The molecule has 32 heavy (non-hydrogen) atoms. The number of nitrogens with one attached hydrogen (secondary N) is 1. The zero-order chi connectivity index (χ0) is 23.3. The number of ether oxygens (including phenoxy) is 2. The summed E-state index contributed by atoms with van der Waals surface area (Å²) in [6.07, 6.45) is -5.86. The molecule has 2 N–H and O–H groups in total. The Morgan fingerprint density at radius 2 is 2.00 bits per heavy atom. The van der Waals surface area contributed by atoms with Gasteiger partial charge in [0, 0.05) is 23.1 Å². The lowest BCUT2D eigenvalue weighted by atomic mass is 9.82. The predicted molar refractivity (Wildman–Crippen MR) is 106 cm³/mol. The van der Waals surface area contributed by atoms with Gasteiger partial charge in [-0.3, -0.25) is 9.53 Å². The molecule has 0 saturated heterocycles. The minimum atomic E-state index is -4.66. The lowest BCUT2D eigenvalue weighted by Crippen LogP contribution is -2.40. The molecule has 0 radical (unpaired) electrons. The van der Waals surface area contributed by atoms with Crippen molar-refractivity contribution in [2.45, 2.75) is 50.2 Å². The first-order chi connectivity index (χ1) is 15.1. The number of carbonyl (C=O) groups is 1. The molecule has 1 saturated carbocycles. The highest BCUT2D eigenvalue weighted by Crippen LogP contribution is 2.40. The Labute approximate surface area is 186 Å². The average Bonchev–Trinajstić information content (AvgIpc) is 3.16. The lowest BCUT2D eigenvalue weighted by Gasteiger charge is -2.32. The van der Waals surface area contributed by atoms with Gasteiger partial charge in [0.15, 0.2) is 6.10 Å².